The van der Waals surface area contributed by atoms with E-state index in [4.69, 9.17) is 21.2 Å². The maximum absolute atomic E-state index is 10.6. The van der Waals surface area contributed by atoms with E-state index >= 15 is 0 Å². The summed E-state index contributed by atoms with van der Waals surface area (Å²) < 4.78 is 4.80. The fourth-order valence-corrected chi connectivity index (χ4v) is 1.38. The van der Waals surface area contributed by atoms with Gasteiger partial charge in [-0.3, -0.25) is 0 Å². The molecule has 1 aromatic heterocycles. The second kappa shape index (κ2) is 3.86. The molecule has 0 saturated heterocycles. The van der Waals surface area contributed by atoms with Crippen LogP contribution in [0, 0.1) is 0 Å². The number of nitrogens with zero attached hydrogens (tertiary/aromatic N) is 1. The van der Waals surface area contributed by atoms with Crippen molar-refractivity contribution >= 4 is 17.6 Å². The normalized spacial score (nSPS) is 10.3. The first-order valence-electron chi connectivity index (χ1n) is 4.27. The minimum absolute atomic E-state index is 0.0967. The number of carboxylic acids is 1. The quantitative estimate of drug-likeness (QED) is 0.841. The maximum Gasteiger partial charge on any atom is 0.358 e. The van der Waals surface area contributed by atoms with Crippen LogP contribution in [0.4, 0.5) is 0 Å². The summed E-state index contributed by atoms with van der Waals surface area (Å²) in [6.07, 6.45) is 0. The van der Waals surface area contributed by atoms with Crippen molar-refractivity contribution in [2.45, 2.75) is 0 Å². The van der Waals surface area contributed by atoms with E-state index in [2.05, 4.69) is 5.16 Å². The lowest BCUT2D eigenvalue weighted by atomic mass is 10.1. The fourth-order valence-electron chi connectivity index (χ4n) is 1.22. The minimum Gasteiger partial charge on any atom is -0.507 e. The van der Waals surface area contributed by atoms with Crippen molar-refractivity contribution in [1.29, 1.82) is 0 Å². The van der Waals surface area contributed by atoms with Crippen molar-refractivity contribution < 1.29 is 19.5 Å². The van der Waals surface area contributed by atoms with Gasteiger partial charge in [0.15, 0.2) is 11.5 Å². The SMILES string of the molecule is O=C(O)c1cc(-c2ccc(Cl)cc2O)on1. The molecule has 2 aromatic rings. The number of phenols is 1. The zero-order chi connectivity index (χ0) is 11.7. The van der Waals surface area contributed by atoms with Gasteiger partial charge in [-0.1, -0.05) is 16.8 Å². The van der Waals surface area contributed by atoms with Crippen molar-refractivity contribution in [3.63, 3.8) is 0 Å². The molecule has 0 aliphatic heterocycles. The number of aromatic nitrogens is 1. The number of aromatic hydroxyl groups is 1. The number of phenolic OH excluding ortho intramolecular Hbond substituents is 1. The van der Waals surface area contributed by atoms with E-state index in [9.17, 15) is 9.90 Å². The third-order valence-corrected chi connectivity index (χ3v) is 2.19. The van der Waals surface area contributed by atoms with Gasteiger partial charge in [-0.05, 0) is 18.2 Å². The summed E-state index contributed by atoms with van der Waals surface area (Å²) in [6.45, 7) is 0. The third kappa shape index (κ3) is 1.85. The molecule has 0 spiro atoms. The first kappa shape index (κ1) is 10.5. The standard InChI is InChI=1S/C10H6ClNO4/c11-5-1-2-6(8(13)3-5)9-4-7(10(14)15)12-16-9/h1-4,13H,(H,14,15). The molecule has 1 heterocycles. The Balaban J connectivity index is 2.46. The van der Waals surface area contributed by atoms with Crippen LogP contribution in [0.15, 0.2) is 28.8 Å². The molecule has 16 heavy (non-hydrogen) atoms. The molecule has 0 unspecified atom stereocenters. The lowest BCUT2D eigenvalue weighted by molar-refractivity contribution is 0.0686. The number of aromatic carboxylic acids is 1. The number of carbonyl (C=O) groups is 1. The number of benzene rings is 1. The van der Waals surface area contributed by atoms with Crippen LogP contribution in [-0.2, 0) is 0 Å². The highest BCUT2D eigenvalue weighted by molar-refractivity contribution is 6.30. The predicted octanol–water partition coefficient (Wildman–Crippen LogP) is 2.40. The molecule has 6 heteroatoms. The number of halogens is 1. The predicted molar refractivity (Wildman–Crippen MR) is 55.6 cm³/mol. The Kier molecular flexibility index (Phi) is 2.54. The summed E-state index contributed by atoms with van der Waals surface area (Å²) >= 11 is 5.66. The summed E-state index contributed by atoms with van der Waals surface area (Å²) in [4.78, 5) is 10.6. The van der Waals surface area contributed by atoms with E-state index in [0.29, 0.717) is 10.6 Å². The van der Waals surface area contributed by atoms with Crippen LogP contribution in [-0.4, -0.2) is 21.3 Å². The van der Waals surface area contributed by atoms with Crippen molar-refractivity contribution in [3.05, 3.63) is 35.0 Å². The molecule has 0 atom stereocenters. The van der Waals surface area contributed by atoms with Crippen LogP contribution in [0.2, 0.25) is 5.02 Å². The highest BCUT2D eigenvalue weighted by Gasteiger charge is 2.14. The van der Waals surface area contributed by atoms with Crippen LogP contribution in [0.3, 0.4) is 0 Å². The van der Waals surface area contributed by atoms with E-state index in [-0.39, 0.29) is 17.2 Å². The van der Waals surface area contributed by atoms with Crippen LogP contribution in [0.25, 0.3) is 11.3 Å². The lowest BCUT2D eigenvalue weighted by Crippen LogP contribution is -1.94. The molecule has 0 amide bonds. The van der Waals surface area contributed by atoms with E-state index in [1.165, 1.54) is 18.2 Å². The lowest BCUT2D eigenvalue weighted by Gasteiger charge is -1.99. The maximum atomic E-state index is 10.6. The summed E-state index contributed by atoms with van der Waals surface area (Å²) in [7, 11) is 0. The van der Waals surface area contributed by atoms with Gasteiger partial charge < -0.3 is 14.7 Å². The molecular weight excluding hydrogens is 234 g/mol. The van der Waals surface area contributed by atoms with E-state index in [1.807, 2.05) is 0 Å². The van der Waals surface area contributed by atoms with Gasteiger partial charge in [0, 0.05) is 11.1 Å². The highest BCUT2D eigenvalue weighted by atomic mass is 35.5. The van der Waals surface area contributed by atoms with E-state index in [1.54, 1.807) is 6.07 Å². The fraction of sp³-hybridized carbons (Fsp3) is 0. The molecule has 2 rings (SSSR count). The summed E-state index contributed by atoms with van der Waals surface area (Å²) in [5.74, 6) is -1.12. The molecule has 5 nitrogen and oxygen atoms in total. The Hall–Kier alpha value is -2.01. The van der Waals surface area contributed by atoms with E-state index < -0.39 is 5.97 Å². The van der Waals surface area contributed by atoms with Crippen LogP contribution >= 0.6 is 11.6 Å². The first-order valence-corrected chi connectivity index (χ1v) is 4.64. The molecule has 0 radical (unpaired) electrons. The van der Waals surface area contributed by atoms with Gasteiger partial charge in [-0.25, -0.2) is 4.79 Å². The van der Waals surface area contributed by atoms with Gasteiger partial charge in [-0.15, -0.1) is 0 Å². The zero-order valence-electron chi connectivity index (χ0n) is 7.85. The van der Waals surface area contributed by atoms with Crippen LogP contribution in [0.5, 0.6) is 5.75 Å². The van der Waals surface area contributed by atoms with Gasteiger partial charge in [0.2, 0.25) is 0 Å². The minimum atomic E-state index is -1.19. The second-order valence-electron chi connectivity index (χ2n) is 3.04. The van der Waals surface area contributed by atoms with Gasteiger partial charge in [0.25, 0.3) is 0 Å². The van der Waals surface area contributed by atoms with Gasteiger partial charge in [-0.2, -0.15) is 0 Å². The number of rotatable bonds is 2. The number of hydrogen-bond donors (Lipinski definition) is 2. The Morgan fingerprint density at radius 3 is 2.69 bits per heavy atom. The average Bonchev–Trinajstić information content (AvgIpc) is 2.66. The van der Waals surface area contributed by atoms with Crippen molar-refractivity contribution in [1.82, 2.24) is 5.16 Å². The van der Waals surface area contributed by atoms with Crippen LogP contribution < -0.4 is 0 Å². The summed E-state index contributed by atoms with van der Waals surface area (Å²) in [6, 6.07) is 5.63. The van der Waals surface area contributed by atoms with Crippen LogP contribution in [0.1, 0.15) is 10.5 Å². The van der Waals surface area contributed by atoms with Crippen molar-refractivity contribution in [2.75, 3.05) is 0 Å². The Morgan fingerprint density at radius 2 is 2.12 bits per heavy atom. The topological polar surface area (TPSA) is 83.6 Å². The molecule has 2 N–H and O–H groups in total. The molecule has 1 aromatic carbocycles. The Labute approximate surface area is 94.9 Å². The molecule has 82 valence electrons. The largest absolute Gasteiger partial charge is 0.507 e. The first-order chi connectivity index (χ1) is 7.58. The Bertz CT molecular complexity index is 550. The molecular formula is C10H6ClNO4. The molecule has 0 aliphatic rings. The number of carboxylic acid groups (broad SMARTS) is 1. The van der Waals surface area contributed by atoms with E-state index in [0.717, 1.165) is 0 Å². The third-order valence-electron chi connectivity index (χ3n) is 1.95. The second-order valence-corrected chi connectivity index (χ2v) is 3.48. The smallest absolute Gasteiger partial charge is 0.358 e. The summed E-state index contributed by atoms with van der Waals surface area (Å²) in [5.41, 5.74) is 0.119. The molecule has 0 bridgehead atoms. The van der Waals surface area contributed by atoms with Crippen molar-refractivity contribution in [2.24, 2.45) is 0 Å². The van der Waals surface area contributed by atoms with Gasteiger partial charge in [0.05, 0.1) is 5.56 Å². The monoisotopic (exact) mass is 239 g/mol. The Morgan fingerprint density at radius 1 is 1.38 bits per heavy atom. The van der Waals surface area contributed by atoms with Crippen molar-refractivity contribution in [3.8, 4) is 17.1 Å². The summed E-state index contributed by atoms with van der Waals surface area (Å²) in [5, 5.41) is 21.9. The van der Waals surface area contributed by atoms with Gasteiger partial charge in [0.1, 0.15) is 5.75 Å². The molecule has 0 saturated carbocycles. The zero-order valence-corrected chi connectivity index (χ0v) is 8.60. The van der Waals surface area contributed by atoms with Gasteiger partial charge >= 0.3 is 5.97 Å². The number of hydrogen-bond acceptors (Lipinski definition) is 4. The molecule has 0 aliphatic carbocycles. The molecule has 0 fully saturated rings. The average molecular weight is 240 g/mol. The highest BCUT2D eigenvalue weighted by Crippen LogP contribution is 2.31.